The van der Waals surface area contributed by atoms with Gasteiger partial charge in [0.05, 0.1) is 11.5 Å². The number of aromatic nitrogens is 2. The Bertz CT molecular complexity index is 785. The molecule has 1 saturated heterocycles. The number of amides is 1. The van der Waals surface area contributed by atoms with Gasteiger partial charge in [-0.05, 0) is 31.9 Å². The van der Waals surface area contributed by atoms with Gasteiger partial charge in [-0.2, -0.15) is 0 Å². The SMILES string of the molecule is Cc1cc(N2CCCC2)nc(CNC(=O)c2ccc([N+](=O)[O-])cc2)n1. The molecule has 130 valence electrons. The monoisotopic (exact) mass is 341 g/mol. The third-order valence-electron chi connectivity index (χ3n) is 4.06. The molecule has 1 aromatic heterocycles. The topological polar surface area (TPSA) is 101 Å². The minimum absolute atomic E-state index is 0.0474. The summed E-state index contributed by atoms with van der Waals surface area (Å²) in [7, 11) is 0. The number of non-ortho nitro benzene ring substituents is 1. The maximum atomic E-state index is 12.2. The van der Waals surface area contributed by atoms with Crippen LogP contribution in [0.4, 0.5) is 11.5 Å². The fourth-order valence-electron chi connectivity index (χ4n) is 2.80. The maximum Gasteiger partial charge on any atom is 0.269 e. The first-order chi connectivity index (χ1) is 12.0. The Morgan fingerprint density at radius 2 is 1.92 bits per heavy atom. The third kappa shape index (κ3) is 4.09. The first-order valence-electron chi connectivity index (χ1n) is 8.15. The fourth-order valence-corrected chi connectivity index (χ4v) is 2.80. The summed E-state index contributed by atoms with van der Waals surface area (Å²) < 4.78 is 0. The van der Waals surface area contributed by atoms with Crippen molar-refractivity contribution >= 4 is 17.4 Å². The average Bonchev–Trinajstić information content (AvgIpc) is 3.14. The Balaban J connectivity index is 1.66. The lowest BCUT2D eigenvalue weighted by Crippen LogP contribution is -2.25. The number of aryl methyl sites for hydroxylation is 1. The summed E-state index contributed by atoms with van der Waals surface area (Å²) in [5.74, 6) is 1.13. The minimum atomic E-state index is -0.498. The number of benzene rings is 1. The van der Waals surface area contributed by atoms with Crippen molar-refractivity contribution in [2.24, 2.45) is 0 Å². The second-order valence-electron chi connectivity index (χ2n) is 5.96. The van der Waals surface area contributed by atoms with Crippen LogP contribution < -0.4 is 10.2 Å². The molecule has 0 spiro atoms. The van der Waals surface area contributed by atoms with Gasteiger partial charge in [0.1, 0.15) is 11.6 Å². The largest absolute Gasteiger partial charge is 0.357 e. The van der Waals surface area contributed by atoms with Gasteiger partial charge in [0, 0.05) is 42.5 Å². The van der Waals surface area contributed by atoms with Crippen LogP contribution in [0.15, 0.2) is 30.3 Å². The molecule has 1 aliphatic rings. The van der Waals surface area contributed by atoms with E-state index in [1.807, 2.05) is 13.0 Å². The fraction of sp³-hybridized carbons (Fsp3) is 0.353. The second-order valence-corrected chi connectivity index (χ2v) is 5.96. The molecule has 0 unspecified atom stereocenters. The number of hydrogen-bond acceptors (Lipinski definition) is 6. The van der Waals surface area contributed by atoms with E-state index in [4.69, 9.17) is 0 Å². The van der Waals surface area contributed by atoms with Gasteiger partial charge in [-0.25, -0.2) is 9.97 Å². The molecule has 1 aromatic carbocycles. The van der Waals surface area contributed by atoms with Gasteiger partial charge >= 0.3 is 0 Å². The van der Waals surface area contributed by atoms with Gasteiger partial charge in [-0.3, -0.25) is 14.9 Å². The zero-order valence-corrected chi connectivity index (χ0v) is 13.9. The second kappa shape index (κ2) is 7.25. The van der Waals surface area contributed by atoms with E-state index in [9.17, 15) is 14.9 Å². The Kier molecular flexibility index (Phi) is 4.87. The summed E-state index contributed by atoms with van der Waals surface area (Å²) in [6.07, 6.45) is 2.32. The lowest BCUT2D eigenvalue weighted by Gasteiger charge is -2.17. The van der Waals surface area contributed by atoms with E-state index in [1.54, 1.807) is 0 Å². The lowest BCUT2D eigenvalue weighted by molar-refractivity contribution is -0.384. The molecule has 3 rings (SSSR count). The highest BCUT2D eigenvalue weighted by atomic mass is 16.6. The highest BCUT2D eigenvalue weighted by molar-refractivity contribution is 5.94. The first kappa shape index (κ1) is 16.8. The predicted molar refractivity (Wildman–Crippen MR) is 92.5 cm³/mol. The third-order valence-corrected chi connectivity index (χ3v) is 4.06. The summed E-state index contributed by atoms with van der Waals surface area (Å²) >= 11 is 0. The summed E-state index contributed by atoms with van der Waals surface area (Å²) in [4.78, 5) is 33.4. The molecule has 1 aliphatic heterocycles. The van der Waals surface area contributed by atoms with Crippen LogP contribution in [-0.4, -0.2) is 33.9 Å². The van der Waals surface area contributed by atoms with Crippen molar-refractivity contribution in [2.75, 3.05) is 18.0 Å². The van der Waals surface area contributed by atoms with Crippen molar-refractivity contribution in [3.8, 4) is 0 Å². The van der Waals surface area contributed by atoms with Crippen molar-refractivity contribution in [1.29, 1.82) is 0 Å². The smallest absolute Gasteiger partial charge is 0.269 e. The molecule has 8 heteroatoms. The van der Waals surface area contributed by atoms with Gasteiger partial charge < -0.3 is 10.2 Å². The van der Waals surface area contributed by atoms with E-state index < -0.39 is 4.92 Å². The van der Waals surface area contributed by atoms with Gasteiger partial charge in [0.25, 0.3) is 11.6 Å². The molecule has 2 aromatic rings. The van der Waals surface area contributed by atoms with Gasteiger partial charge in [0.2, 0.25) is 0 Å². The Morgan fingerprint density at radius 3 is 2.56 bits per heavy atom. The van der Waals surface area contributed by atoms with Crippen LogP contribution in [0.5, 0.6) is 0 Å². The highest BCUT2D eigenvalue weighted by Gasteiger charge is 2.15. The molecule has 1 N–H and O–H groups in total. The highest BCUT2D eigenvalue weighted by Crippen LogP contribution is 2.18. The summed E-state index contributed by atoms with van der Waals surface area (Å²) in [5.41, 5.74) is 1.17. The number of nitrogens with one attached hydrogen (secondary N) is 1. The van der Waals surface area contributed by atoms with Crippen molar-refractivity contribution in [1.82, 2.24) is 15.3 Å². The molecule has 0 aliphatic carbocycles. The molecule has 25 heavy (non-hydrogen) atoms. The van der Waals surface area contributed by atoms with Crippen LogP contribution in [0.1, 0.15) is 34.7 Å². The number of hydrogen-bond donors (Lipinski definition) is 1. The van der Waals surface area contributed by atoms with Gasteiger partial charge in [-0.15, -0.1) is 0 Å². The number of rotatable bonds is 5. The number of carbonyl (C=O) groups excluding carboxylic acids is 1. The summed E-state index contributed by atoms with van der Waals surface area (Å²) in [5, 5.41) is 13.4. The van der Waals surface area contributed by atoms with E-state index in [2.05, 4.69) is 20.2 Å². The first-order valence-corrected chi connectivity index (χ1v) is 8.15. The van der Waals surface area contributed by atoms with Crippen molar-refractivity contribution in [3.05, 3.63) is 57.5 Å². The van der Waals surface area contributed by atoms with E-state index >= 15 is 0 Å². The van der Waals surface area contributed by atoms with Crippen molar-refractivity contribution in [3.63, 3.8) is 0 Å². The van der Waals surface area contributed by atoms with Gasteiger partial charge in [-0.1, -0.05) is 0 Å². The average molecular weight is 341 g/mol. The Morgan fingerprint density at radius 1 is 1.24 bits per heavy atom. The zero-order valence-electron chi connectivity index (χ0n) is 13.9. The molecule has 8 nitrogen and oxygen atoms in total. The number of nitro groups is 1. The number of anilines is 1. The van der Waals surface area contributed by atoms with Crippen LogP contribution in [-0.2, 0) is 6.54 Å². The summed E-state index contributed by atoms with van der Waals surface area (Å²) in [6, 6.07) is 7.43. The van der Waals surface area contributed by atoms with Gasteiger partial charge in [0.15, 0.2) is 0 Å². The van der Waals surface area contributed by atoms with Crippen LogP contribution >= 0.6 is 0 Å². The van der Waals surface area contributed by atoms with Crippen molar-refractivity contribution < 1.29 is 9.72 Å². The molecule has 2 heterocycles. The van der Waals surface area contributed by atoms with Crippen LogP contribution in [0, 0.1) is 17.0 Å². The molecule has 0 bridgehead atoms. The van der Waals surface area contributed by atoms with Crippen molar-refractivity contribution in [2.45, 2.75) is 26.3 Å². The number of nitro benzene ring substituents is 1. The van der Waals surface area contributed by atoms with Crippen LogP contribution in [0.3, 0.4) is 0 Å². The summed E-state index contributed by atoms with van der Waals surface area (Å²) in [6.45, 7) is 4.09. The Hall–Kier alpha value is -3.03. The molecule has 0 saturated carbocycles. The maximum absolute atomic E-state index is 12.2. The molecule has 0 radical (unpaired) electrons. The standard InChI is InChI=1S/C17H19N5O3/c1-12-10-16(21-8-2-3-9-21)20-15(19-12)11-18-17(23)13-4-6-14(7-5-13)22(24)25/h4-7,10H,2-3,8-9,11H2,1H3,(H,18,23). The molecule has 0 atom stereocenters. The van der Waals surface area contributed by atoms with E-state index in [1.165, 1.54) is 24.3 Å². The minimum Gasteiger partial charge on any atom is -0.357 e. The van der Waals surface area contributed by atoms with E-state index in [0.717, 1.165) is 37.4 Å². The van der Waals surface area contributed by atoms with E-state index in [0.29, 0.717) is 11.4 Å². The van der Waals surface area contributed by atoms with Crippen LogP contribution in [0.2, 0.25) is 0 Å². The lowest BCUT2D eigenvalue weighted by atomic mass is 10.2. The zero-order chi connectivity index (χ0) is 17.8. The molecular formula is C17H19N5O3. The number of nitrogens with zero attached hydrogens (tertiary/aromatic N) is 4. The number of carbonyl (C=O) groups is 1. The Labute approximate surface area is 145 Å². The molecule has 1 amide bonds. The van der Waals surface area contributed by atoms with E-state index in [-0.39, 0.29) is 18.1 Å². The van der Waals surface area contributed by atoms with Crippen LogP contribution in [0.25, 0.3) is 0 Å². The normalized spacial score (nSPS) is 13.7. The molecular weight excluding hydrogens is 322 g/mol. The molecule has 1 fully saturated rings. The quantitative estimate of drug-likeness (QED) is 0.661. The predicted octanol–water partition coefficient (Wildman–Crippen LogP) is 2.22.